The number of likely N-dealkylation sites (N-methyl/N-ethyl adjacent to an activating group) is 1. The van der Waals surface area contributed by atoms with Gasteiger partial charge in [-0.15, -0.1) is 0 Å². The van der Waals surface area contributed by atoms with E-state index in [2.05, 4.69) is 5.32 Å². The predicted molar refractivity (Wildman–Crippen MR) is 71.0 cm³/mol. The summed E-state index contributed by atoms with van der Waals surface area (Å²) in [5.41, 5.74) is 0. The van der Waals surface area contributed by atoms with Crippen LogP contribution in [0.5, 0.6) is 0 Å². The number of aliphatic carboxylic acids is 1. The molecule has 0 spiro atoms. The number of nitrogens with zero attached hydrogens (tertiary/aromatic N) is 1. The minimum absolute atomic E-state index is 0.0472. The Morgan fingerprint density at radius 1 is 1.37 bits per heavy atom. The molecule has 0 aliphatic heterocycles. The number of carboxylic acids is 1. The third-order valence-corrected chi connectivity index (χ3v) is 3.72. The summed E-state index contributed by atoms with van der Waals surface area (Å²) in [6.07, 6.45) is 3.60. The molecular formula is C13H24N2O4. The van der Waals surface area contributed by atoms with Crippen LogP contribution in [0, 0.1) is 11.8 Å². The molecule has 19 heavy (non-hydrogen) atoms. The Bertz CT molecular complexity index is 309. The van der Waals surface area contributed by atoms with Gasteiger partial charge in [0.1, 0.15) is 0 Å². The summed E-state index contributed by atoms with van der Waals surface area (Å²) in [5, 5.41) is 12.0. The van der Waals surface area contributed by atoms with Crippen LogP contribution in [0.3, 0.4) is 0 Å². The van der Waals surface area contributed by atoms with Gasteiger partial charge >= 0.3 is 12.0 Å². The van der Waals surface area contributed by atoms with Gasteiger partial charge in [-0.25, -0.2) is 4.79 Å². The first kappa shape index (κ1) is 15.8. The van der Waals surface area contributed by atoms with Crippen molar-refractivity contribution >= 4 is 12.0 Å². The fourth-order valence-electron chi connectivity index (χ4n) is 2.46. The molecule has 1 rings (SSSR count). The first-order valence-electron chi connectivity index (χ1n) is 6.77. The highest BCUT2D eigenvalue weighted by molar-refractivity contribution is 5.74. The average Bonchev–Trinajstić information content (AvgIpc) is 2.42. The number of ether oxygens (including phenoxy) is 1. The topological polar surface area (TPSA) is 78.9 Å². The standard InChI is InChI=1S/C13H24N2O4/c1-15(7-8-19-2)13(18)14-9-10-5-3-4-6-11(10)12(16)17/h10-11H,3-9H2,1-2H3,(H,14,18)(H,16,17). The van der Waals surface area contributed by atoms with Crippen molar-refractivity contribution in [3.05, 3.63) is 0 Å². The van der Waals surface area contributed by atoms with Crippen molar-refractivity contribution in [1.29, 1.82) is 0 Å². The van der Waals surface area contributed by atoms with Crippen molar-refractivity contribution in [3.63, 3.8) is 0 Å². The molecule has 0 heterocycles. The zero-order chi connectivity index (χ0) is 14.3. The Labute approximate surface area is 114 Å². The number of carbonyl (C=O) groups is 2. The van der Waals surface area contributed by atoms with Crippen molar-refractivity contribution in [1.82, 2.24) is 10.2 Å². The molecule has 2 N–H and O–H groups in total. The number of nitrogens with one attached hydrogen (secondary N) is 1. The Kier molecular flexibility index (Phi) is 6.62. The van der Waals surface area contributed by atoms with Gasteiger partial charge in [-0.05, 0) is 18.8 Å². The highest BCUT2D eigenvalue weighted by Crippen LogP contribution is 2.29. The Balaban J connectivity index is 2.37. The van der Waals surface area contributed by atoms with Gasteiger partial charge in [-0.3, -0.25) is 4.79 Å². The quantitative estimate of drug-likeness (QED) is 0.760. The van der Waals surface area contributed by atoms with Gasteiger partial charge < -0.3 is 20.1 Å². The van der Waals surface area contributed by atoms with Crippen molar-refractivity contribution in [2.24, 2.45) is 11.8 Å². The monoisotopic (exact) mass is 272 g/mol. The summed E-state index contributed by atoms with van der Waals surface area (Å²) < 4.78 is 4.91. The first-order valence-corrected chi connectivity index (χ1v) is 6.77. The molecule has 2 unspecified atom stereocenters. The van der Waals surface area contributed by atoms with E-state index in [0.717, 1.165) is 25.7 Å². The molecule has 0 aromatic heterocycles. The lowest BCUT2D eigenvalue weighted by molar-refractivity contribution is -0.144. The minimum atomic E-state index is -0.744. The van der Waals surface area contributed by atoms with E-state index in [1.165, 1.54) is 0 Å². The molecule has 0 saturated heterocycles. The SMILES string of the molecule is COCCN(C)C(=O)NCC1CCCCC1C(=O)O. The molecule has 1 aliphatic rings. The molecule has 0 aromatic rings. The molecule has 6 heteroatoms. The number of carboxylic acid groups (broad SMARTS) is 1. The second kappa shape index (κ2) is 7.99. The summed E-state index contributed by atoms with van der Waals surface area (Å²) >= 11 is 0. The van der Waals surface area contributed by atoms with E-state index < -0.39 is 5.97 Å². The van der Waals surface area contributed by atoms with E-state index in [9.17, 15) is 9.59 Å². The third kappa shape index (κ3) is 5.06. The van der Waals surface area contributed by atoms with Crippen LogP contribution in [0.25, 0.3) is 0 Å². The molecule has 2 atom stereocenters. The fraction of sp³-hybridized carbons (Fsp3) is 0.846. The lowest BCUT2D eigenvalue weighted by Gasteiger charge is -2.29. The average molecular weight is 272 g/mol. The summed E-state index contributed by atoms with van der Waals surface area (Å²) in [5.74, 6) is -1.02. The Morgan fingerprint density at radius 2 is 2.05 bits per heavy atom. The van der Waals surface area contributed by atoms with Crippen LogP contribution < -0.4 is 5.32 Å². The van der Waals surface area contributed by atoms with Gasteiger partial charge in [-0.1, -0.05) is 12.8 Å². The van der Waals surface area contributed by atoms with Gasteiger partial charge in [-0.2, -0.15) is 0 Å². The first-order chi connectivity index (χ1) is 9.06. The van der Waals surface area contributed by atoms with Gasteiger partial charge in [0.15, 0.2) is 0 Å². The second-order valence-corrected chi connectivity index (χ2v) is 5.09. The maximum atomic E-state index is 11.8. The van der Waals surface area contributed by atoms with E-state index in [-0.39, 0.29) is 17.9 Å². The molecule has 6 nitrogen and oxygen atoms in total. The van der Waals surface area contributed by atoms with E-state index >= 15 is 0 Å². The van der Waals surface area contributed by atoms with Crippen LogP contribution in [-0.2, 0) is 9.53 Å². The van der Waals surface area contributed by atoms with Crippen LogP contribution >= 0.6 is 0 Å². The van der Waals surface area contributed by atoms with Crippen LogP contribution in [0.2, 0.25) is 0 Å². The highest BCUT2D eigenvalue weighted by Gasteiger charge is 2.30. The van der Waals surface area contributed by atoms with E-state index in [1.54, 1.807) is 19.1 Å². The molecule has 110 valence electrons. The smallest absolute Gasteiger partial charge is 0.317 e. The molecule has 0 aromatic carbocycles. The number of hydrogen-bond donors (Lipinski definition) is 2. The van der Waals surface area contributed by atoms with E-state index in [0.29, 0.717) is 19.7 Å². The number of amides is 2. The van der Waals surface area contributed by atoms with E-state index in [1.807, 2.05) is 0 Å². The molecule has 0 bridgehead atoms. The highest BCUT2D eigenvalue weighted by atomic mass is 16.5. The summed E-state index contributed by atoms with van der Waals surface area (Å²) in [4.78, 5) is 24.5. The Hall–Kier alpha value is -1.30. The van der Waals surface area contributed by atoms with Gasteiger partial charge in [0, 0.05) is 27.2 Å². The maximum Gasteiger partial charge on any atom is 0.317 e. The number of rotatable bonds is 6. The van der Waals surface area contributed by atoms with Crippen LogP contribution in [0.15, 0.2) is 0 Å². The van der Waals surface area contributed by atoms with Crippen molar-refractivity contribution < 1.29 is 19.4 Å². The van der Waals surface area contributed by atoms with E-state index in [4.69, 9.17) is 9.84 Å². The molecule has 2 amide bonds. The minimum Gasteiger partial charge on any atom is -0.481 e. The lowest BCUT2D eigenvalue weighted by Crippen LogP contribution is -2.43. The summed E-state index contributed by atoms with van der Waals surface area (Å²) in [6, 6.07) is -0.174. The van der Waals surface area contributed by atoms with Crippen LogP contribution in [-0.4, -0.2) is 55.9 Å². The third-order valence-electron chi connectivity index (χ3n) is 3.72. The molecule has 1 aliphatic carbocycles. The summed E-state index contributed by atoms with van der Waals surface area (Å²) in [7, 11) is 3.29. The van der Waals surface area contributed by atoms with Gasteiger partial charge in [0.05, 0.1) is 12.5 Å². The zero-order valence-electron chi connectivity index (χ0n) is 11.7. The molecule has 1 saturated carbocycles. The number of urea groups is 1. The number of hydrogen-bond acceptors (Lipinski definition) is 3. The van der Waals surface area contributed by atoms with Crippen molar-refractivity contribution in [2.45, 2.75) is 25.7 Å². The summed E-state index contributed by atoms with van der Waals surface area (Å²) in [6.45, 7) is 1.45. The van der Waals surface area contributed by atoms with Crippen molar-refractivity contribution in [2.75, 3.05) is 33.9 Å². The van der Waals surface area contributed by atoms with Crippen LogP contribution in [0.1, 0.15) is 25.7 Å². The molecule has 1 fully saturated rings. The zero-order valence-corrected chi connectivity index (χ0v) is 11.7. The second-order valence-electron chi connectivity index (χ2n) is 5.09. The van der Waals surface area contributed by atoms with Crippen LogP contribution in [0.4, 0.5) is 4.79 Å². The van der Waals surface area contributed by atoms with Crippen molar-refractivity contribution in [3.8, 4) is 0 Å². The lowest BCUT2D eigenvalue weighted by atomic mass is 9.79. The number of methoxy groups -OCH3 is 1. The van der Waals surface area contributed by atoms with Gasteiger partial charge in [0.25, 0.3) is 0 Å². The largest absolute Gasteiger partial charge is 0.481 e. The molecule has 0 radical (unpaired) electrons. The maximum absolute atomic E-state index is 11.8. The number of carbonyl (C=O) groups excluding carboxylic acids is 1. The molecular weight excluding hydrogens is 248 g/mol. The Morgan fingerprint density at radius 3 is 2.68 bits per heavy atom. The normalized spacial score (nSPS) is 22.8. The predicted octanol–water partition coefficient (Wildman–Crippen LogP) is 1.17. The fourth-order valence-corrected chi connectivity index (χ4v) is 2.46. The van der Waals surface area contributed by atoms with Gasteiger partial charge in [0.2, 0.25) is 0 Å².